The van der Waals surface area contributed by atoms with Crippen molar-refractivity contribution in [3.05, 3.63) is 23.5 Å². The van der Waals surface area contributed by atoms with Crippen LogP contribution in [-0.2, 0) is 14.3 Å². The highest BCUT2D eigenvalue weighted by Gasteiger charge is 2.58. The summed E-state index contributed by atoms with van der Waals surface area (Å²) in [5, 5.41) is 0. The Balaban J connectivity index is 1.58. The molecule has 0 bridgehead atoms. The number of allylic oxidation sites excluding steroid dienone is 3. The van der Waals surface area contributed by atoms with Crippen LogP contribution in [-0.4, -0.2) is 13.9 Å². The second-order valence-electron chi connectivity index (χ2n) is 9.88. The first kappa shape index (κ1) is 20.3. The lowest BCUT2D eigenvalue weighted by Gasteiger charge is -2.59. The fourth-order valence-corrected chi connectivity index (χ4v) is 7.29. The van der Waals surface area contributed by atoms with E-state index in [1.54, 1.807) is 0 Å². The molecule has 3 nitrogen and oxygen atoms in total. The summed E-state index contributed by atoms with van der Waals surface area (Å²) in [6, 6.07) is 0. The molecule has 6 atom stereocenters. The van der Waals surface area contributed by atoms with E-state index in [0.29, 0.717) is 18.3 Å². The SMILES string of the molecule is C[C@H]1CC[C@]2(C)C3CC[C@]4(C)C(OS(=O)(=O)C(F)(F)F)=CC=C4[C@@H]3CC[C@H]2C1. The van der Waals surface area contributed by atoms with Gasteiger partial charge in [0.25, 0.3) is 0 Å². The molecule has 0 saturated heterocycles. The normalized spacial score (nSPS) is 43.4. The van der Waals surface area contributed by atoms with Gasteiger partial charge >= 0.3 is 15.6 Å². The van der Waals surface area contributed by atoms with E-state index in [4.69, 9.17) is 0 Å². The molecular weight excluding hydrogens is 389 g/mol. The zero-order valence-corrected chi connectivity index (χ0v) is 17.5. The lowest BCUT2D eigenvalue weighted by Crippen LogP contribution is -2.50. The van der Waals surface area contributed by atoms with Gasteiger partial charge in [-0.3, -0.25) is 0 Å². The first-order valence-corrected chi connectivity index (χ1v) is 11.7. The van der Waals surface area contributed by atoms with Crippen molar-refractivity contribution in [1.29, 1.82) is 0 Å². The molecule has 3 fully saturated rings. The number of rotatable bonds is 2. The molecule has 0 aromatic heterocycles. The van der Waals surface area contributed by atoms with Gasteiger partial charge in [0, 0.05) is 5.41 Å². The van der Waals surface area contributed by atoms with Gasteiger partial charge in [0.1, 0.15) is 5.76 Å². The molecule has 7 heteroatoms. The second-order valence-corrected chi connectivity index (χ2v) is 11.4. The molecule has 158 valence electrons. The molecule has 4 rings (SSSR count). The summed E-state index contributed by atoms with van der Waals surface area (Å²) in [7, 11) is -5.64. The number of alkyl halides is 3. The van der Waals surface area contributed by atoms with E-state index in [0.717, 1.165) is 36.7 Å². The Kier molecular flexibility index (Phi) is 4.54. The largest absolute Gasteiger partial charge is 0.534 e. The fourth-order valence-electron chi connectivity index (χ4n) is 6.72. The lowest BCUT2D eigenvalue weighted by atomic mass is 9.46. The van der Waals surface area contributed by atoms with E-state index in [1.165, 1.54) is 25.3 Å². The van der Waals surface area contributed by atoms with E-state index < -0.39 is 21.0 Å². The van der Waals surface area contributed by atoms with E-state index in [2.05, 4.69) is 18.0 Å². The quantitative estimate of drug-likeness (QED) is 0.411. The van der Waals surface area contributed by atoms with Crippen molar-refractivity contribution in [2.75, 3.05) is 0 Å². The van der Waals surface area contributed by atoms with Gasteiger partial charge < -0.3 is 4.18 Å². The van der Waals surface area contributed by atoms with Crippen LogP contribution < -0.4 is 0 Å². The predicted octanol–water partition coefficient (Wildman–Crippen LogP) is 5.95. The third kappa shape index (κ3) is 2.86. The average molecular weight is 419 g/mol. The van der Waals surface area contributed by atoms with E-state index >= 15 is 0 Å². The van der Waals surface area contributed by atoms with Crippen LogP contribution in [0.2, 0.25) is 0 Å². The summed E-state index contributed by atoms with van der Waals surface area (Å²) in [4.78, 5) is 0. The van der Waals surface area contributed by atoms with Gasteiger partial charge in [0.2, 0.25) is 0 Å². The van der Waals surface area contributed by atoms with Gasteiger partial charge in [-0.2, -0.15) is 21.6 Å². The van der Waals surface area contributed by atoms with Crippen LogP contribution in [0.15, 0.2) is 23.5 Å². The molecule has 0 N–H and O–H groups in total. The zero-order chi connectivity index (χ0) is 20.5. The monoisotopic (exact) mass is 418 g/mol. The minimum atomic E-state index is -5.64. The van der Waals surface area contributed by atoms with Crippen molar-refractivity contribution in [3.8, 4) is 0 Å². The van der Waals surface area contributed by atoms with E-state index in [-0.39, 0.29) is 11.2 Å². The van der Waals surface area contributed by atoms with Gasteiger partial charge in [-0.1, -0.05) is 31.9 Å². The highest BCUT2D eigenvalue weighted by Crippen LogP contribution is 2.65. The first-order valence-electron chi connectivity index (χ1n) is 10.3. The van der Waals surface area contributed by atoms with Crippen LogP contribution >= 0.6 is 0 Å². The minimum absolute atomic E-state index is 0.0668. The van der Waals surface area contributed by atoms with Crippen LogP contribution in [0.4, 0.5) is 13.2 Å². The fraction of sp³-hybridized carbons (Fsp3) is 0.810. The molecule has 28 heavy (non-hydrogen) atoms. The van der Waals surface area contributed by atoms with Crippen LogP contribution in [0.1, 0.15) is 65.7 Å². The van der Waals surface area contributed by atoms with Crippen LogP contribution in [0.3, 0.4) is 0 Å². The van der Waals surface area contributed by atoms with Gasteiger partial charge in [-0.15, -0.1) is 0 Å². The van der Waals surface area contributed by atoms with Crippen molar-refractivity contribution in [2.45, 2.75) is 71.2 Å². The van der Waals surface area contributed by atoms with Crippen molar-refractivity contribution >= 4 is 10.1 Å². The number of hydrogen-bond donors (Lipinski definition) is 0. The molecule has 0 radical (unpaired) electrons. The van der Waals surface area contributed by atoms with Crippen LogP contribution in [0, 0.1) is 34.5 Å². The molecule has 4 aliphatic rings. The van der Waals surface area contributed by atoms with Crippen LogP contribution in [0.5, 0.6) is 0 Å². The van der Waals surface area contributed by atoms with Crippen molar-refractivity contribution in [2.24, 2.45) is 34.5 Å². The molecule has 0 aromatic carbocycles. The third-order valence-corrected chi connectivity index (χ3v) is 9.35. The minimum Gasteiger partial charge on any atom is -0.380 e. The number of hydrogen-bond acceptors (Lipinski definition) is 3. The summed E-state index contributed by atoms with van der Waals surface area (Å²) in [5.41, 5.74) is -4.80. The predicted molar refractivity (Wildman–Crippen MR) is 100 cm³/mol. The summed E-state index contributed by atoms with van der Waals surface area (Å²) >= 11 is 0. The maximum absolute atomic E-state index is 12.8. The molecule has 4 aliphatic carbocycles. The third-order valence-electron chi connectivity index (χ3n) is 8.39. The first-order chi connectivity index (χ1) is 12.9. The highest BCUT2D eigenvalue weighted by atomic mass is 32.2. The molecule has 0 amide bonds. The maximum Gasteiger partial charge on any atom is 0.534 e. The molecule has 0 aromatic rings. The van der Waals surface area contributed by atoms with Crippen LogP contribution in [0.25, 0.3) is 0 Å². The van der Waals surface area contributed by atoms with Crippen molar-refractivity contribution in [3.63, 3.8) is 0 Å². The van der Waals surface area contributed by atoms with E-state index in [1.807, 2.05) is 13.0 Å². The number of halogens is 3. The molecular formula is C21H29F3O3S. The van der Waals surface area contributed by atoms with Crippen molar-refractivity contribution < 1.29 is 25.8 Å². The van der Waals surface area contributed by atoms with Gasteiger partial charge in [-0.05, 0) is 80.6 Å². The molecule has 0 heterocycles. The summed E-state index contributed by atoms with van der Waals surface area (Å²) in [6.45, 7) is 6.59. The average Bonchev–Trinajstić information content (AvgIpc) is 2.91. The van der Waals surface area contributed by atoms with Gasteiger partial charge in [-0.25, -0.2) is 0 Å². The van der Waals surface area contributed by atoms with Crippen molar-refractivity contribution in [1.82, 2.24) is 0 Å². The van der Waals surface area contributed by atoms with Gasteiger partial charge in [0.05, 0.1) is 0 Å². The Morgan fingerprint density at radius 1 is 1.07 bits per heavy atom. The standard InChI is InChI=1S/C21H29F3O3S/c1-13-8-10-19(2)14(12-13)4-5-15-16-6-7-18(20(16,3)11-9-17(15)19)27-28(25,26)21(22,23)24/h6-7,13-15,17H,4-5,8-12H2,1-3H3/t13-,14-,15-,17?,19-,20-/m0/s1. The summed E-state index contributed by atoms with van der Waals surface area (Å²) in [5.74, 6) is 2.24. The Hall–Kier alpha value is -0.980. The summed E-state index contributed by atoms with van der Waals surface area (Å²) < 4.78 is 66.2. The Bertz CT molecular complexity index is 828. The number of fused-ring (bicyclic) bond motifs is 5. The Labute approximate surface area is 165 Å². The summed E-state index contributed by atoms with van der Waals surface area (Å²) in [6.07, 6.45) is 10.7. The van der Waals surface area contributed by atoms with E-state index in [9.17, 15) is 21.6 Å². The Morgan fingerprint density at radius 3 is 2.46 bits per heavy atom. The zero-order valence-electron chi connectivity index (χ0n) is 16.7. The molecule has 0 spiro atoms. The smallest absolute Gasteiger partial charge is 0.380 e. The molecule has 1 unspecified atom stereocenters. The lowest BCUT2D eigenvalue weighted by molar-refractivity contribution is -0.0640. The second kappa shape index (κ2) is 6.26. The van der Waals surface area contributed by atoms with Gasteiger partial charge in [0.15, 0.2) is 0 Å². The highest BCUT2D eigenvalue weighted by molar-refractivity contribution is 7.87. The topological polar surface area (TPSA) is 43.4 Å². The molecule has 0 aliphatic heterocycles. The Morgan fingerprint density at radius 2 is 1.79 bits per heavy atom. The molecule has 3 saturated carbocycles. The maximum atomic E-state index is 12.8.